The number of anilines is 1. The van der Waals surface area contributed by atoms with Crippen molar-refractivity contribution in [3.05, 3.63) is 46.2 Å². The molecular weight excluding hydrogens is 1170 g/mol. The van der Waals surface area contributed by atoms with Gasteiger partial charge in [-0.3, -0.25) is 38.2 Å². The molecule has 1 aliphatic heterocycles. The van der Waals surface area contributed by atoms with Gasteiger partial charge in [-0.1, -0.05) is 83.1 Å². The number of halogens is 1. The van der Waals surface area contributed by atoms with E-state index in [2.05, 4.69) is 52.6 Å². The molecule has 1 saturated heterocycles. The van der Waals surface area contributed by atoms with Gasteiger partial charge < -0.3 is 59.9 Å². The number of ether oxygens (including phenoxy) is 6. The zero-order chi connectivity index (χ0) is 61.9. The SMILES string of the molecule is CC(=O)c1nn(CC(=O)N2[C@H](C(=O)Nc3nc(Br)ccc3C)C[C@@]3(CNC(=O)COCCOCCNC(=O)COCCOCCNC(=O)CCCCCCCCCCCCCCCCC(=O)OC(C)(C)C)C[C@@H]23)c2ccc(OC(=O)NC3CC3)cc12. The Labute approximate surface area is 514 Å². The fraction of sp³-hybridized carbons (Fsp3) is 0.677. The number of benzene rings is 1. The number of fused-ring (bicyclic) bond motifs is 2. The largest absolute Gasteiger partial charge is 0.460 e. The summed E-state index contributed by atoms with van der Waals surface area (Å²) in [6.07, 6.45) is 19.4. The Bertz CT molecular complexity index is 2730. The molecule has 0 radical (unpaired) electrons. The molecule has 0 spiro atoms. The van der Waals surface area contributed by atoms with E-state index < -0.39 is 35.0 Å². The fourth-order valence-corrected chi connectivity index (χ4v) is 10.8. The van der Waals surface area contributed by atoms with Crippen LogP contribution in [-0.4, -0.2) is 163 Å². The first-order valence-electron chi connectivity index (χ1n) is 30.9. The molecule has 3 atom stereocenters. The lowest BCUT2D eigenvalue weighted by atomic mass is 9.99. The summed E-state index contributed by atoms with van der Waals surface area (Å²) < 4.78 is 34.8. The Morgan fingerprint density at radius 2 is 1.26 bits per heavy atom. The zero-order valence-electron chi connectivity index (χ0n) is 51.1. The van der Waals surface area contributed by atoms with E-state index in [4.69, 9.17) is 28.4 Å². The summed E-state index contributed by atoms with van der Waals surface area (Å²) in [4.78, 5) is 109. The topological polar surface area (TPSA) is 286 Å². The number of aromatic nitrogens is 3. The van der Waals surface area contributed by atoms with Gasteiger partial charge in [0.25, 0.3) is 0 Å². The second kappa shape index (κ2) is 35.7. The highest BCUT2D eigenvalue weighted by atomic mass is 79.9. The summed E-state index contributed by atoms with van der Waals surface area (Å²) in [6, 6.07) is 7.11. The van der Waals surface area contributed by atoms with Crippen molar-refractivity contribution >= 4 is 80.0 Å². The average Bonchev–Trinajstić information content (AvgIpc) is 1.55. The average molecular weight is 1270 g/mol. The molecule has 6 amide bonds. The van der Waals surface area contributed by atoms with E-state index in [1.165, 1.54) is 69.4 Å². The maximum absolute atomic E-state index is 14.4. The minimum absolute atomic E-state index is 0.0268. The molecular formula is C62H92BrN9O14. The number of pyridine rings is 1. The van der Waals surface area contributed by atoms with Crippen molar-refractivity contribution in [2.24, 2.45) is 5.41 Å². The number of likely N-dealkylation sites (tertiary alicyclic amines) is 1. The maximum atomic E-state index is 14.4. The molecule has 1 aromatic carbocycles. The summed E-state index contributed by atoms with van der Waals surface area (Å²) >= 11 is 3.36. The first-order chi connectivity index (χ1) is 41.3. The molecule has 3 aromatic rings. The molecule has 476 valence electrons. The van der Waals surface area contributed by atoms with Crippen molar-refractivity contribution in [3.8, 4) is 5.75 Å². The molecule has 5 N–H and O–H groups in total. The van der Waals surface area contributed by atoms with Gasteiger partial charge in [-0.2, -0.15) is 5.10 Å². The minimum Gasteiger partial charge on any atom is -0.460 e. The van der Waals surface area contributed by atoms with Gasteiger partial charge in [0.2, 0.25) is 29.5 Å². The molecule has 86 heavy (non-hydrogen) atoms. The standard InChI is InChI=1S/C62H92BrN9O14/c1-43-22-27-51(63)68-58(43)69-59(79)49-37-62(38-50(62)72(49)55(77)39-71-48-26-25-46(85-60(80)67-45-23-24-45)36-47(48)57(70-71)44(2)73)42-66-54(76)41-84-35-33-82-31-29-65-53(75)40-83-34-32-81-30-28-64-52(74)20-18-16-14-12-10-8-6-7-9-11-13-15-17-19-21-56(78)86-61(3,4)5/h22,25-27,36,45,49-50H,6-21,23-24,28-35,37-42H2,1-5H3,(H,64,74)(H,65,75)(H,66,76)(H,67,80)(H,68,69,79)/t49-,50+,62-/m0/s1. The van der Waals surface area contributed by atoms with Crippen LogP contribution in [0.1, 0.15) is 172 Å². The van der Waals surface area contributed by atoms with Gasteiger partial charge >= 0.3 is 12.1 Å². The Kier molecular flexibility index (Phi) is 28.6. The van der Waals surface area contributed by atoms with Crippen molar-refractivity contribution < 1.29 is 66.8 Å². The van der Waals surface area contributed by atoms with Crippen LogP contribution in [0, 0.1) is 12.3 Å². The summed E-state index contributed by atoms with van der Waals surface area (Å²) in [5, 5.41) is 19.1. The third kappa shape index (κ3) is 24.6. The summed E-state index contributed by atoms with van der Waals surface area (Å²) in [5.41, 5.74) is 0.300. The molecule has 6 rings (SSSR count). The quantitative estimate of drug-likeness (QED) is 0.0156. The number of carbonyl (C=O) groups excluding carboxylic acids is 8. The van der Waals surface area contributed by atoms with E-state index in [0.717, 1.165) is 50.5 Å². The van der Waals surface area contributed by atoms with Crippen LogP contribution in [-0.2, 0) is 59.0 Å². The van der Waals surface area contributed by atoms with E-state index in [0.29, 0.717) is 53.7 Å². The van der Waals surface area contributed by atoms with Crippen molar-refractivity contribution in [1.29, 1.82) is 0 Å². The van der Waals surface area contributed by atoms with Crippen LogP contribution in [0.2, 0.25) is 0 Å². The lowest BCUT2D eigenvalue weighted by Gasteiger charge is -2.27. The van der Waals surface area contributed by atoms with Crippen LogP contribution in [0.25, 0.3) is 10.9 Å². The lowest BCUT2D eigenvalue weighted by molar-refractivity contribution is -0.155. The summed E-state index contributed by atoms with van der Waals surface area (Å²) in [7, 11) is 0. The Morgan fingerprint density at radius 1 is 0.686 bits per heavy atom. The molecule has 0 bridgehead atoms. The third-order valence-corrected chi connectivity index (χ3v) is 15.6. The number of ketones is 1. The Balaban J connectivity index is 0.758. The van der Waals surface area contributed by atoms with Gasteiger partial charge in [-0.25, -0.2) is 9.78 Å². The van der Waals surface area contributed by atoms with E-state index in [9.17, 15) is 38.4 Å². The van der Waals surface area contributed by atoms with E-state index in [1.807, 2.05) is 27.7 Å². The van der Waals surface area contributed by atoms with Crippen LogP contribution in [0.5, 0.6) is 5.75 Å². The van der Waals surface area contributed by atoms with E-state index in [-0.39, 0.29) is 125 Å². The van der Waals surface area contributed by atoms with Gasteiger partial charge in [-0.05, 0) is 112 Å². The number of nitrogens with one attached hydrogen (secondary N) is 5. The second-order valence-electron chi connectivity index (χ2n) is 23.8. The molecule has 2 aromatic heterocycles. The van der Waals surface area contributed by atoms with Crippen LogP contribution < -0.4 is 31.3 Å². The van der Waals surface area contributed by atoms with Gasteiger partial charge in [0.15, 0.2) is 5.78 Å². The zero-order valence-corrected chi connectivity index (χ0v) is 52.7. The number of aryl methyl sites for hydroxylation is 1. The van der Waals surface area contributed by atoms with Crippen LogP contribution >= 0.6 is 15.9 Å². The molecule has 3 fully saturated rings. The van der Waals surface area contributed by atoms with E-state index in [1.54, 1.807) is 35.2 Å². The van der Waals surface area contributed by atoms with Crippen LogP contribution in [0.15, 0.2) is 34.9 Å². The van der Waals surface area contributed by atoms with Gasteiger partial charge in [0, 0.05) is 62.3 Å². The smallest absolute Gasteiger partial charge is 0.412 e. The lowest BCUT2D eigenvalue weighted by Crippen LogP contribution is -2.47. The number of amides is 6. The van der Waals surface area contributed by atoms with Crippen molar-refractivity contribution in [2.75, 3.05) is 77.8 Å². The van der Waals surface area contributed by atoms with Crippen molar-refractivity contribution in [3.63, 3.8) is 0 Å². The highest BCUT2D eigenvalue weighted by Gasteiger charge is 2.67. The number of hydrogen-bond donors (Lipinski definition) is 5. The molecule has 0 unspecified atom stereocenters. The second-order valence-corrected chi connectivity index (χ2v) is 24.6. The number of piperidine rings is 1. The first kappa shape index (κ1) is 69.0. The number of rotatable bonds is 42. The van der Waals surface area contributed by atoms with Gasteiger partial charge in [-0.15, -0.1) is 0 Å². The number of carbonyl (C=O) groups is 8. The minimum atomic E-state index is -0.909. The summed E-state index contributed by atoms with van der Waals surface area (Å²) in [6.45, 7) is 10.4. The normalized spacial score (nSPS) is 17.0. The Morgan fingerprint density at radius 3 is 1.85 bits per heavy atom. The fourth-order valence-electron chi connectivity index (χ4n) is 10.5. The number of hydrogen-bond acceptors (Lipinski definition) is 16. The highest BCUT2D eigenvalue weighted by Crippen LogP contribution is 2.59. The van der Waals surface area contributed by atoms with Crippen molar-refractivity contribution in [1.82, 2.24) is 40.9 Å². The third-order valence-electron chi connectivity index (χ3n) is 15.2. The number of esters is 1. The number of nitrogens with zero attached hydrogens (tertiary/aromatic N) is 4. The van der Waals surface area contributed by atoms with Crippen molar-refractivity contribution in [2.45, 2.75) is 193 Å². The monoisotopic (exact) mass is 1270 g/mol. The van der Waals surface area contributed by atoms with Crippen LogP contribution in [0.3, 0.4) is 0 Å². The predicted molar refractivity (Wildman–Crippen MR) is 325 cm³/mol. The Hall–Kier alpha value is -6.08. The molecule has 23 nitrogen and oxygen atoms in total. The predicted octanol–water partition coefficient (Wildman–Crippen LogP) is 7.95. The first-order valence-corrected chi connectivity index (χ1v) is 31.7. The van der Waals surface area contributed by atoms with Gasteiger partial charge in [0.05, 0.1) is 45.2 Å². The van der Waals surface area contributed by atoms with Crippen LogP contribution in [0.4, 0.5) is 10.6 Å². The molecule has 2 saturated carbocycles. The number of unbranched alkanes of at least 4 members (excludes halogenated alkanes) is 13. The highest BCUT2D eigenvalue weighted by molar-refractivity contribution is 9.10. The maximum Gasteiger partial charge on any atom is 0.412 e. The molecule has 24 heteroatoms. The molecule has 2 aliphatic carbocycles. The number of Topliss-reactive ketones (excluding diaryl/α,β-unsaturated/α-hetero) is 1. The molecule has 3 heterocycles. The van der Waals surface area contributed by atoms with Gasteiger partial charge in [0.1, 0.15) is 53.3 Å². The molecule has 3 aliphatic rings. The summed E-state index contributed by atoms with van der Waals surface area (Å²) in [5.74, 6) is -1.39. The van der Waals surface area contributed by atoms with E-state index >= 15 is 0 Å².